The predicted octanol–water partition coefficient (Wildman–Crippen LogP) is 4.86. The van der Waals surface area contributed by atoms with Crippen LogP contribution in [0.15, 0.2) is 24.3 Å². The Hall–Kier alpha value is -1.72. The maximum Gasteiger partial charge on any atom is 0.418 e. The Morgan fingerprint density at radius 3 is 2.44 bits per heavy atom. The number of hydrogen-bond donors (Lipinski definition) is 0. The van der Waals surface area contributed by atoms with Crippen molar-refractivity contribution < 1.29 is 18.0 Å². The Kier molecular flexibility index (Phi) is 4.85. The summed E-state index contributed by atoms with van der Waals surface area (Å²) >= 11 is 0. The van der Waals surface area contributed by atoms with Crippen LogP contribution in [0.1, 0.15) is 56.9 Å². The van der Waals surface area contributed by atoms with Crippen LogP contribution >= 0.6 is 0 Å². The zero-order chi connectivity index (χ0) is 19.1. The summed E-state index contributed by atoms with van der Waals surface area (Å²) in [4.78, 5) is 17.2. The number of anilines is 1. The highest BCUT2D eigenvalue weighted by Gasteiger charge is 2.51. The van der Waals surface area contributed by atoms with Gasteiger partial charge in [-0.2, -0.15) is 13.2 Å². The Balaban J connectivity index is 1.56. The molecule has 2 heterocycles. The summed E-state index contributed by atoms with van der Waals surface area (Å²) in [5.41, 5.74) is -0.890. The monoisotopic (exact) mass is 380 g/mol. The highest BCUT2D eigenvalue weighted by molar-refractivity contribution is 5.86. The van der Waals surface area contributed by atoms with Gasteiger partial charge in [-0.15, -0.1) is 0 Å². The van der Waals surface area contributed by atoms with Crippen molar-refractivity contribution in [2.45, 2.75) is 63.6 Å². The van der Waals surface area contributed by atoms with E-state index in [0.29, 0.717) is 19.1 Å². The Morgan fingerprint density at radius 2 is 1.70 bits per heavy atom. The normalized spacial score (nSPS) is 27.6. The summed E-state index contributed by atoms with van der Waals surface area (Å²) in [6.45, 7) is 1.74. The van der Waals surface area contributed by atoms with Crippen LogP contribution in [0.5, 0.6) is 0 Å². The van der Waals surface area contributed by atoms with E-state index in [1.165, 1.54) is 25.3 Å². The second-order valence-corrected chi connectivity index (χ2v) is 8.36. The third-order valence-corrected chi connectivity index (χ3v) is 6.69. The van der Waals surface area contributed by atoms with Gasteiger partial charge in [0.15, 0.2) is 0 Å². The highest BCUT2D eigenvalue weighted by Crippen LogP contribution is 2.45. The van der Waals surface area contributed by atoms with Gasteiger partial charge < -0.3 is 9.80 Å². The largest absolute Gasteiger partial charge is 0.418 e. The van der Waals surface area contributed by atoms with E-state index in [2.05, 4.69) is 4.90 Å². The van der Waals surface area contributed by atoms with E-state index in [-0.39, 0.29) is 11.6 Å². The van der Waals surface area contributed by atoms with Gasteiger partial charge in [-0.1, -0.05) is 31.4 Å². The van der Waals surface area contributed by atoms with E-state index in [1.807, 2.05) is 0 Å². The molecule has 1 saturated carbocycles. The molecule has 6 heteroatoms. The molecule has 0 N–H and O–H groups in total. The molecule has 3 nitrogen and oxygen atoms in total. The van der Waals surface area contributed by atoms with Crippen molar-refractivity contribution in [3.8, 4) is 0 Å². The third-order valence-electron chi connectivity index (χ3n) is 6.69. The van der Waals surface area contributed by atoms with Gasteiger partial charge in [-0.3, -0.25) is 4.79 Å². The van der Waals surface area contributed by atoms with E-state index in [4.69, 9.17) is 0 Å². The second kappa shape index (κ2) is 7.02. The molecule has 3 fully saturated rings. The van der Waals surface area contributed by atoms with Gasteiger partial charge in [-0.05, 0) is 44.2 Å². The number of amides is 1. The molecular weight excluding hydrogens is 353 g/mol. The van der Waals surface area contributed by atoms with Crippen molar-refractivity contribution in [3.05, 3.63) is 29.8 Å². The minimum absolute atomic E-state index is 0.184. The van der Waals surface area contributed by atoms with Crippen molar-refractivity contribution >= 4 is 11.6 Å². The Bertz CT molecular complexity index is 699. The molecule has 1 aromatic rings. The summed E-state index contributed by atoms with van der Waals surface area (Å²) < 4.78 is 40.4. The highest BCUT2D eigenvalue weighted by atomic mass is 19.4. The smallest absolute Gasteiger partial charge is 0.370 e. The molecule has 3 aliphatic rings. The quantitative estimate of drug-likeness (QED) is 0.732. The average Bonchev–Trinajstić information content (AvgIpc) is 2.98. The number of alkyl halides is 3. The molecule has 1 atom stereocenters. The first kappa shape index (κ1) is 18.6. The molecule has 27 heavy (non-hydrogen) atoms. The Morgan fingerprint density at radius 1 is 0.963 bits per heavy atom. The van der Waals surface area contributed by atoms with Gasteiger partial charge in [-0.25, -0.2) is 0 Å². The van der Waals surface area contributed by atoms with Crippen molar-refractivity contribution in [1.29, 1.82) is 0 Å². The number of carbonyl (C=O) groups is 1. The lowest BCUT2D eigenvalue weighted by Crippen LogP contribution is -2.50. The van der Waals surface area contributed by atoms with Crippen LogP contribution in [0.25, 0.3) is 0 Å². The van der Waals surface area contributed by atoms with Gasteiger partial charge in [0.05, 0.1) is 11.0 Å². The minimum Gasteiger partial charge on any atom is -0.370 e. The van der Waals surface area contributed by atoms with Gasteiger partial charge in [0.2, 0.25) is 5.91 Å². The molecule has 2 saturated heterocycles. The fourth-order valence-electron chi connectivity index (χ4n) is 5.29. The summed E-state index contributed by atoms with van der Waals surface area (Å²) in [5, 5.41) is 0. The van der Waals surface area contributed by atoms with Gasteiger partial charge >= 0.3 is 6.18 Å². The van der Waals surface area contributed by atoms with Crippen LogP contribution in [-0.4, -0.2) is 36.5 Å². The molecule has 1 aliphatic carbocycles. The lowest BCUT2D eigenvalue weighted by atomic mass is 9.78. The molecule has 0 radical (unpaired) electrons. The van der Waals surface area contributed by atoms with E-state index in [9.17, 15) is 18.0 Å². The topological polar surface area (TPSA) is 23.6 Å². The maximum atomic E-state index is 13.5. The van der Waals surface area contributed by atoms with Crippen molar-refractivity contribution in [3.63, 3.8) is 0 Å². The molecule has 0 bridgehead atoms. The average molecular weight is 380 g/mol. The standard InChI is InChI=1S/C21H27F3N2O/c22-21(23,24)17-9-4-5-10-18(17)25-13-6-11-20(15-25)12-14-26(19(20)27)16-7-2-1-3-8-16/h4-5,9-10,16H,1-3,6-8,11-15H2/t20-/m1/s1. The molecule has 2 aliphatic heterocycles. The number of piperidine rings is 1. The predicted molar refractivity (Wildman–Crippen MR) is 98.5 cm³/mol. The number of carbonyl (C=O) groups excluding carboxylic acids is 1. The van der Waals surface area contributed by atoms with Crippen molar-refractivity contribution in [2.24, 2.45) is 5.41 Å². The van der Waals surface area contributed by atoms with Crippen molar-refractivity contribution in [1.82, 2.24) is 4.90 Å². The molecule has 1 aromatic carbocycles. The summed E-state index contributed by atoms with van der Waals surface area (Å²) in [6.07, 6.45) is 3.67. The lowest BCUT2D eigenvalue weighted by Gasteiger charge is -2.42. The molecule has 4 rings (SSSR count). The Labute approximate surface area is 158 Å². The van der Waals surface area contributed by atoms with E-state index >= 15 is 0 Å². The number of halogens is 3. The number of para-hydroxylation sites is 1. The van der Waals surface area contributed by atoms with Crippen LogP contribution in [0.2, 0.25) is 0 Å². The summed E-state index contributed by atoms with van der Waals surface area (Å²) in [7, 11) is 0. The number of nitrogens with zero attached hydrogens (tertiary/aromatic N) is 2. The third kappa shape index (κ3) is 3.43. The zero-order valence-electron chi connectivity index (χ0n) is 15.6. The van der Waals surface area contributed by atoms with Crippen LogP contribution < -0.4 is 4.90 Å². The van der Waals surface area contributed by atoms with Crippen molar-refractivity contribution in [2.75, 3.05) is 24.5 Å². The minimum atomic E-state index is -4.38. The fraction of sp³-hybridized carbons (Fsp3) is 0.667. The first-order valence-electron chi connectivity index (χ1n) is 10.1. The first-order chi connectivity index (χ1) is 12.9. The molecule has 1 spiro atoms. The molecule has 0 unspecified atom stereocenters. The maximum absolute atomic E-state index is 13.5. The molecular formula is C21H27F3N2O. The van der Waals surface area contributed by atoms with E-state index in [0.717, 1.165) is 44.7 Å². The molecule has 148 valence electrons. The number of hydrogen-bond acceptors (Lipinski definition) is 2. The van der Waals surface area contributed by atoms with Crippen LogP contribution in [0, 0.1) is 5.41 Å². The van der Waals surface area contributed by atoms with Crippen LogP contribution in [0.3, 0.4) is 0 Å². The SMILES string of the molecule is O=C1N(C2CCCCC2)CC[C@@]12CCCN(c1ccccc1C(F)(F)F)C2. The van der Waals surface area contributed by atoms with Crippen LogP contribution in [-0.2, 0) is 11.0 Å². The zero-order valence-corrected chi connectivity index (χ0v) is 15.6. The van der Waals surface area contributed by atoms with Gasteiger partial charge in [0.25, 0.3) is 0 Å². The van der Waals surface area contributed by atoms with E-state index in [1.54, 1.807) is 17.0 Å². The molecule has 0 aromatic heterocycles. The lowest BCUT2D eigenvalue weighted by molar-refractivity contribution is -0.139. The van der Waals surface area contributed by atoms with Gasteiger partial charge in [0.1, 0.15) is 0 Å². The van der Waals surface area contributed by atoms with E-state index < -0.39 is 17.2 Å². The summed E-state index contributed by atoms with van der Waals surface area (Å²) in [6, 6.07) is 6.10. The molecule has 1 amide bonds. The van der Waals surface area contributed by atoms with Crippen LogP contribution in [0.4, 0.5) is 18.9 Å². The number of likely N-dealkylation sites (tertiary alicyclic amines) is 1. The second-order valence-electron chi connectivity index (χ2n) is 8.36. The van der Waals surface area contributed by atoms with Gasteiger partial charge in [0, 0.05) is 31.4 Å². The number of rotatable bonds is 2. The first-order valence-corrected chi connectivity index (χ1v) is 10.1. The fourth-order valence-corrected chi connectivity index (χ4v) is 5.29. The summed E-state index contributed by atoms with van der Waals surface area (Å²) in [5.74, 6) is 0.184. The number of benzene rings is 1.